The van der Waals surface area contributed by atoms with E-state index in [0.717, 1.165) is 12.8 Å². The van der Waals surface area contributed by atoms with Gasteiger partial charge in [0.1, 0.15) is 11.6 Å². The number of piperazine rings is 1. The zero-order valence-electron chi connectivity index (χ0n) is 12.3. The Hall–Kier alpha value is -1.50. The van der Waals surface area contributed by atoms with Crippen LogP contribution in [0, 0.1) is 12.3 Å². The van der Waals surface area contributed by atoms with Crippen molar-refractivity contribution in [3.05, 3.63) is 0 Å². The number of amides is 2. The number of hydrogen-bond acceptors (Lipinski definition) is 2. The molecule has 0 aromatic heterocycles. The van der Waals surface area contributed by atoms with Gasteiger partial charge in [0, 0.05) is 0 Å². The normalized spacial score (nSPS) is 23.7. The van der Waals surface area contributed by atoms with Crippen LogP contribution in [0.25, 0.3) is 0 Å². The van der Waals surface area contributed by atoms with Crippen molar-refractivity contribution in [1.29, 1.82) is 0 Å². The second-order valence-electron chi connectivity index (χ2n) is 5.14. The first-order chi connectivity index (χ1) is 8.97. The van der Waals surface area contributed by atoms with Crippen LogP contribution in [-0.4, -0.2) is 34.3 Å². The van der Waals surface area contributed by atoms with Gasteiger partial charge in [-0.2, -0.15) is 0 Å². The maximum absolute atomic E-state index is 12.8. The van der Waals surface area contributed by atoms with Crippen molar-refractivity contribution in [2.45, 2.75) is 71.0 Å². The van der Waals surface area contributed by atoms with Gasteiger partial charge in [0.25, 0.3) is 0 Å². The molecule has 0 aromatic rings. The molecule has 1 rings (SSSR count). The van der Waals surface area contributed by atoms with Crippen LogP contribution < -0.4 is 5.32 Å². The minimum absolute atomic E-state index is 0.0407. The zero-order chi connectivity index (χ0) is 14.6. The van der Waals surface area contributed by atoms with Crippen LogP contribution in [0.2, 0.25) is 0 Å². The Bertz CT molecular complexity index is 393. The smallest absolute Gasteiger partial charge is 0.249 e. The Labute approximate surface area is 115 Å². The molecule has 1 saturated heterocycles. The number of terminal acetylenes is 1. The monoisotopic (exact) mass is 264 g/mol. The lowest BCUT2D eigenvalue weighted by molar-refractivity contribution is -0.156. The van der Waals surface area contributed by atoms with Gasteiger partial charge in [0.05, 0.1) is 6.04 Å². The average Bonchev–Trinajstić information content (AvgIpc) is 2.42. The number of rotatable bonds is 5. The summed E-state index contributed by atoms with van der Waals surface area (Å²) in [7, 11) is 0. The van der Waals surface area contributed by atoms with Gasteiger partial charge < -0.3 is 10.2 Å². The van der Waals surface area contributed by atoms with Crippen LogP contribution in [0.4, 0.5) is 0 Å². The van der Waals surface area contributed by atoms with Crippen molar-refractivity contribution in [2.24, 2.45) is 0 Å². The van der Waals surface area contributed by atoms with E-state index in [9.17, 15) is 9.59 Å². The topological polar surface area (TPSA) is 49.4 Å². The van der Waals surface area contributed by atoms with Gasteiger partial charge in [-0.1, -0.05) is 33.1 Å². The molecule has 4 heteroatoms. The molecule has 0 radical (unpaired) electrons. The fourth-order valence-corrected chi connectivity index (χ4v) is 2.66. The van der Waals surface area contributed by atoms with E-state index in [4.69, 9.17) is 6.42 Å². The Morgan fingerprint density at radius 3 is 2.37 bits per heavy atom. The molecular weight excluding hydrogens is 240 g/mol. The third-order valence-electron chi connectivity index (χ3n) is 4.10. The minimum atomic E-state index is -0.785. The van der Waals surface area contributed by atoms with Crippen LogP contribution in [0.3, 0.4) is 0 Å². The molecule has 19 heavy (non-hydrogen) atoms. The zero-order valence-corrected chi connectivity index (χ0v) is 12.3. The molecule has 1 heterocycles. The van der Waals surface area contributed by atoms with Gasteiger partial charge in [-0.3, -0.25) is 9.59 Å². The van der Waals surface area contributed by atoms with Crippen LogP contribution in [0.15, 0.2) is 0 Å². The molecule has 2 atom stereocenters. The van der Waals surface area contributed by atoms with Crippen LogP contribution >= 0.6 is 0 Å². The summed E-state index contributed by atoms with van der Waals surface area (Å²) < 4.78 is 0. The van der Waals surface area contributed by atoms with E-state index in [0.29, 0.717) is 12.8 Å². The summed E-state index contributed by atoms with van der Waals surface area (Å²) in [5.74, 6) is 2.51. The number of nitrogens with one attached hydrogen (secondary N) is 1. The Kier molecular flexibility index (Phi) is 4.99. The number of carbonyl (C=O) groups is 2. The van der Waals surface area contributed by atoms with Gasteiger partial charge in [-0.15, -0.1) is 6.42 Å². The van der Waals surface area contributed by atoms with Crippen molar-refractivity contribution in [1.82, 2.24) is 10.2 Å². The summed E-state index contributed by atoms with van der Waals surface area (Å²) in [4.78, 5) is 26.5. The minimum Gasteiger partial charge on any atom is -0.340 e. The lowest BCUT2D eigenvalue weighted by Gasteiger charge is -2.46. The molecule has 1 aliphatic rings. The molecule has 0 aromatic carbocycles. The second kappa shape index (κ2) is 6.10. The molecule has 1 aliphatic heterocycles. The van der Waals surface area contributed by atoms with E-state index >= 15 is 0 Å². The summed E-state index contributed by atoms with van der Waals surface area (Å²) in [5.41, 5.74) is -0.785. The molecule has 1 N–H and O–H groups in total. The molecule has 0 spiro atoms. The molecule has 0 saturated carbocycles. The fraction of sp³-hybridized carbons (Fsp3) is 0.733. The summed E-state index contributed by atoms with van der Waals surface area (Å²) in [6, 6.07) is -0.789. The van der Waals surface area contributed by atoms with E-state index in [1.54, 1.807) is 11.8 Å². The number of nitrogens with zero attached hydrogens (tertiary/aromatic N) is 1. The van der Waals surface area contributed by atoms with Gasteiger partial charge in [0.2, 0.25) is 11.8 Å². The quantitative estimate of drug-likeness (QED) is 0.768. The molecule has 0 bridgehead atoms. The Morgan fingerprint density at radius 2 is 1.95 bits per heavy atom. The molecule has 0 aliphatic carbocycles. The lowest BCUT2D eigenvalue weighted by atomic mass is 9.86. The maximum Gasteiger partial charge on any atom is 0.249 e. The van der Waals surface area contributed by atoms with E-state index in [-0.39, 0.29) is 17.9 Å². The number of carbonyl (C=O) groups excluding carboxylic acids is 2. The van der Waals surface area contributed by atoms with Crippen molar-refractivity contribution in [2.75, 3.05) is 0 Å². The second-order valence-corrected chi connectivity index (χ2v) is 5.14. The van der Waals surface area contributed by atoms with Crippen molar-refractivity contribution in [3.8, 4) is 12.3 Å². The Balaban J connectivity index is 3.16. The SMILES string of the molecule is C#CC(CCC)N1C(=O)C(CC)(CC)NC(=O)C1C. The largest absolute Gasteiger partial charge is 0.340 e. The van der Waals surface area contributed by atoms with Crippen LogP contribution in [0.1, 0.15) is 53.4 Å². The van der Waals surface area contributed by atoms with E-state index < -0.39 is 11.6 Å². The molecule has 2 unspecified atom stereocenters. The molecule has 4 nitrogen and oxygen atoms in total. The van der Waals surface area contributed by atoms with Gasteiger partial charge in [-0.05, 0) is 26.2 Å². The summed E-state index contributed by atoms with van der Waals surface area (Å²) in [6.45, 7) is 7.60. The van der Waals surface area contributed by atoms with E-state index in [1.165, 1.54) is 0 Å². The van der Waals surface area contributed by atoms with Crippen molar-refractivity contribution in [3.63, 3.8) is 0 Å². The van der Waals surface area contributed by atoms with E-state index in [1.807, 2.05) is 20.8 Å². The molecule has 2 amide bonds. The van der Waals surface area contributed by atoms with E-state index in [2.05, 4.69) is 11.2 Å². The highest BCUT2D eigenvalue weighted by Crippen LogP contribution is 2.27. The first kappa shape index (κ1) is 15.6. The lowest BCUT2D eigenvalue weighted by Crippen LogP contribution is -2.71. The average molecular weight is 264 g/mol. The third-order valence-corrected chi connectivity index (χ3v) is 4.10. The highest BCUT2D eigenvalue weighted by molar-refractivity contribution is 6.00. The maximum atomic E-state index is 12.8. The first-order valence-electron chi connectivity index (χ1n) is 7.08. The molecule has 1 fully saturated rings. The highest BCUT2D eigenvalue weighted by Gasteiger charge is 2.49. The predicted octanol–water partition coefficient (Wildman–Crippen LogP) is 1.69. The third kappa shape index (κ3) is 2.60. The van der Waals surface area contributed by atoms with Gasteiger partial charge in [0.15, 0.2) is 0 Å². The van der Waals surface area contributed by atoms with Gasteiger partial charge in [-0.25, -0.2) is 0 Å². The van der Waals surface area contributed by atoms with Crippen molar-refractivity contribution >= 4 is 11.8 Å². The van der Waals surface area contributed by atoms with Gasteiger partial charge >= 0.3 is 0 Å². The molecule has 106 valence electrons. The Morgan fingerprint density at radius 1 is 1.37 bits per heavy atom. The van der Waals surface area contributed by atoms with Crippen LogP contribution in [-0.2, 0) is 9.59 Å². The predicted molar refractivity (Wildman–Crippen MR) is 75.3 cm³/mol. The summed E-state index contributed by atoms with van der Waals surface area (Å²) in [5, 5.41) is 2.88. The highest BCUT2D eigenvalue weighted by atomic mass is 16.2. The first-order valence-corrected chi connectivity index (χ1v) is 7.08. The fourth-order valence-electron chi connectivity index (χ4n) is 2.66. The van der Waals surface area contributed by atoms with Crippen LogP contribution in [0.5, 0.6) is 0 Å². The standard InChI is InChI=1S/C15H24N2O2/c1-6-10-12(7-2)17-11(5)13(18)16-15(8-3,9-4)14(17)19/h2,11-12H,6,8-10H2,1,3-5H3,(H,16,18). The van der Waals surface area contributed by atoms with Crippen molar-refractivity contribution < 1.29 is 9.59 Å². The summed E-state index contributed by atoms with van der Waals surface area (Å²) in [6.07, 6.45) is 8.34. The number of hydrogen-bond donors (Lipinski definition) is 1. The summed E-state index contributed by atoms with van der Waals surface area (Å²) >= 11 is 0. The molecular formula is C15H24N2O2.